The van der Waals surface area contributed by atoms with Gasteiger partial charge in [0.25, 0.3) is 0 Å². The van der Waals surface area contributed by atoms with Gasteiger partial charge in [0.1, 0.15) is 5.82 Å². The van der Waals surface area contributed by atoms with Crippen molar-refractivity contribution in [1.82, 2.24) is 24.9 Å². The Hall–Kier alpha value is -3.16. The van der Waals surface area contributed by atoms with Crippen molar-refractivity contribution in [3.05, 3.63) is 30.4 Å². The van der Waals surface area contributed by atoms with E-state index in [-0.39, 0.29) is 5.41 Å². The van der Waals surface area contributed by atoms with Crippen LogP contribution in [0.5, 0.6) is 5.75 Å². The number of hydrogen-bond acceptors (Lipinski definition) is 7. The highest BCUT2D eigenvalue weighted by molar-refractivity contribution is 5.78. The van der Waals surface area contributed by atoms with Crippen molar-refractivity contribution >= 4 is 11.8 Å². The van der Waals surface area contributed by atoms with Gasteiger partial charge in [0, 0.05) is 30.9 Å². The zero-order chi connectivity index (χ0) is 21.9. The van der Waals surface area contributed by atoms with Crippen LogP contribution in [-0.2, 0) is 6.42 Å². The summed E-state index contributed by atoms with van der Waals surface area (Å²) in [5.41, 5.74) is 9.12. The molecule has 0 atom stereocenters. The highest BCUT2D eigenvalue weighted by Crippen LogP contribution is 2.33. The monoisotopic (exact) mass is 409 g/mol. The number of nitrogen functional groups attached to an aromatic ring is 1. The second kappa shape index (κ2) is 8.69. The third-order valence-corrected chi connectivity index (χ3v) is 4.41. The summed E-state index contributed by atoms with van der Waals surface area (Å²) >= 11 is 0. The Morgan fingerprint density at radius 2 is 1.97 bits per heavy atom. The lowest BCUT2D eigenvalue weighted by Crippen LogP contribution is -2.11. The maximum absolute atomic E-state index is 5.90. The van der Waals surface area contributed by atoms with Crippen LogP contribution in [0.4, 0.5) is 11.8 Å². The number of methoxy groups -OCH3 is 1. The summed E-state index contributed by atoms with van der Waals surface area (Å²) < 4.78 is 5.35. The maximum atomic E-state index is 5.90. The molecule has 0 unspecified atom stereocenters. The Labute approximate surface area is 177 Å². The van der Waals surface area contributed by atoms with Gasteiger partial charge in [0.15, 0.2) is 11.6 Å². The molecule has 0 aromatic carbocycles. The largest absolute Gasteiger partial charge is 0.493 e. The standard InChI is InChI=1S/C22H31N7O/c1-13(2)11-26-21-24-8-7-15(27-21)19-18(28-17(29-19)10-22(3,4)5)14-9-16(30-6)20(23)25-12-14/h7-9,12-13H,10-11H2,1-6H3,(H2,23,25)(H,28,29)(H,24,26,27). The molecule has 0 saturated heterocycles. The molecule has 3 rings (SSSR count). The first kappa shape index (κ1) is 21.5. The van der Waals surface area contributed by atoms with E-state index in [0.717, 1.165) is 41.4 Å². The van der Waals surface area contributed by atoms with E-state index in [1.165, 1.54) is 0 Å². The minimum atomic E-state index is 0.0824. The number of aromatic nitrogens is 5. The molecule has 0 aliphatic carbocycles. The van der Waals surface area contributed by atoms with E-state index in [4.69, 9.17) is 20.4 Å². The van der Waals surface area contributed by atoms with E-state index in [9.17, 15) is 0 Å². The van der Waals surface area contributed by atoms with Crippen molar-refractivity contribution in [1.29, 1.82) is 0 Å². The lowest BCUT2D eigenvalue weighted by atomic mass is 9.92. The summed E-state index contributed by atoms with van der Waals surface area (Å²) in [5.74, 6) is 2.83. The molecule has 0 aliphatic heterocycles. The molecule has 0 saturated carbocycles. The summed E-state index contributed by atoms with van der Waals surface area (Å²) in [5, 5.41) is 3.28. The van der Waals surface area contributed by atoms with Crippen molar-refractivity contribution in [2.75, 3.05) is 24.7 Å². The average Bonchev–Trinajstić information content (AvgIpc) is 3.09. The van der Waals surface area contributed by atoms with Crippen molar-refractivity contribution in [2.24, 2.45) is 11.3 Å². The molecule has 0 radical (unpaired) electrons. The van der Waals surface area contributed by atoms with Crippen molar-refractivity contribution < 1.29 is 4.74 Å². The molecule has 4 N–H and O–H groups in total. The van der Waals surface area contributed by atoms with Crippen LogP contribution in [-0.4, -0.2) is 38.6 Å². The molecular formula is C22H31N7O. The Bertz CT molecular complexity index is 1000. The van der Waals surface area contributed by atoms with E-state index in [1.54, 1.807) is 19.5 Å². The fourth-order valence-corrected chi connectivity index (χ4v) is 3.03. The third kappa shape index (κ3) is 5.25. The van der Waals surface area contributed by atoms with Gasteiger partial charge < -0.3 is 20.8 Å². The van der Waals surface area contributed by atoms with E-state index < -0.39 is 0 Å². The molecule has 8 nitrogen and oxygen atoms in total. The van der Waals surface area contributed by atoms with Gasteiger partial charge in [0.2, 0.25) is 5.95 Å². The average molecular weight is 410 g/mol. The second-order valence-corrected chi connectivity index (χ2v) is 9.00. The first-order chi connectivity index (χ1) is 14.2. The molecule has 8 heteroatoms. The molecule has 0 bridgehead atoms. The van der Waals surface area contributed by atoms with E-state index in [2.05, 4.69) is 54.9 Å². The van der Waals surface area contributed by atoms with Crippen LogP contribution < -0.4 is 15.8 Å². The number of imidazole rings is 1. The number of anilines is 2. The molecule has 3 aromatic heterocycles. The molecule has 0 amide bonds. The number of nitrogens with zero attached hydrogens (tertiary/aromatic N) is 4. The Morgan fingerprint density at radius 3 is 2.63 bits per heavy atom. The van der Waals surface area contributed by atoms with E-state index >= 15 is 0 Å². The fourth-order valence-electron chi connectivity index (χ4n) is 3.03. The first-order valence-electron chi connectivity index (χ1n) is 10.1. The molecule has 160 valence electrons. The Balaban J connectivity index is 2.08. The van der Waals surface area contributed by atoms with Gasteiger partial charge in [0.05, 0.1) is 24.2 Å². The molecule has 3 aromatic rings. The molecule has 0 aliphatic rings. The second-order valence-electron chi connectivity index (χ2n) is 9.00. The van der Waals surface area contributed by atoms with Crippen LogP contribution in [0.2, 0.25) is 0 Å². The smallest absolute Gasteiger partial charge is 0.223 e. The van der Waals surface area contributed by atoms with Gasteiger partial charge in [-0.3, -0.25) is 0 Å². The molecular weight excluding hydrogens is 378 g/mol. The van der Waals surface area contributed by atoms with Crippen LogP contribution >= 0.6 is 0 Å². The number of rotatable bonds is 7. The summed E-state index contributed by atoms with van der Waals surface area (Å²) in [4.78, 5) is 21.7. The van der Waals surface area contributed by atoms with Gasteiger partial charge in [-0.1, -0.05) is 34.6 Å². The van der Waals surface area contributed by atoms with Crippen LogP contribution in [0.15, 0.2) is 24.5 Å². The highest BCUT2D eigenvalue weighted by Gasteiger charge is 2.21. The zero-order valence-electron chi connectivity index (χ0n) is 18.6. The summed E-state index contributed by atoms with van der Waals surface area (Å²) in [6, 6.07) is 3.72. The number of nitrogens with one attached hydrogen (secondary N) is 2. The van der Waals surface area contributed by atoms with Gasteiger partial charge in [-0.05, 0) is 23.5 Å². The fraction of sp³-hybridized carbons (Fsp3) is 0.455. The van der Waals surface area contributed by atoms with Crippen molar-refractivity contribution in [3.8, 4) is 28.4 Å². The van der Waals surface area contributed by atoms with Gasteiger partial charge >= 0.3 is 0 Å². The predicted octanol–water partition coefficient (Wildman–Crippen LogP) is 4.18. The minimum absolute atomic E-state index is 0.0824. The molecule has 0 fully saturated rings. The third-order valence-electron chi connectivity index (χ3n) is 4.41. The van der Waals surface area contributed by atoms with Crippen molar-refractivity contribution in [3.63, 3.8) is 0 Å². The SMILES string of the molecule is COc1cc(-c2nc(CC(C)(C)C)[nH]c2-c2ccnc(NCC(C)C)n2)cnc1N. The maximum Gasteiger partial charge on any atom is 0.223 e. The first-order valence-corrected chi connectivity index (χ1v) is 10.1. The number of aromatic amines is 1. The highest BCUT2D eigenvalue weighted by atomic mass is 16.5. The normalized spacial score (nSPS) is 11.7. The molecule has 0 spiro atoms. The lowest BCUT2D eigenvalue weighted by molar-refractivity contribution is 0.402. The van der Waals surface area contributed by atoms with Crippen molar-refractivity contribution in [2.45, 2.75) is 41.0 Å². The van der Waals surface area contributed by atoms with E-state index in [0.29, 0.717) is 23.4 Å². The summed E-state index contributed by atoms with van der Waals surface area (Å²) in [7, 11) is 1.57. The minimum Gasteiger partial charge on any atom is -0.493 e. The summed E-state index contributed by atoms with van der Waals surface area (Å²) in [6.07, 6.45) is 4.25. The van der Waals surface area contributed by atoms with Crippen LogP contribution in [0.3, 0.4) is 0 Å². The van der Waals surface area contributed by atoms with Gasteiger partial charge in [-0.2, -0.15) is 0 Å². The van der Waals surface area contributed by atoms with Crippen LogP contribution in [0.25, 0.3) is 22.6 Å². The van der Waals surface area contributed by atoms with Gasteiger partial charge in [-0.15, -0.1) is 0 Å². The lowest BCUT2D eigenvalue weighted by Gasteiger charge is -2.15. The number of nitrogens with two attached hydrogens (primary N) is 1. The number of hydrogen-bond donors (Lipinski definition) is 3. The Morgan fingerprint density at radius 1 is 1.20 bits per heavy atom. The van der Waals surface area contributed by atoms with Crippen LogP contribution in [0.1, 0.15) is 40.4 Å². The summed E-state index contributed by atoms with van der Waals surface area (Å²) in [6.45, 7) is 11.6. The zero-order valence-corrected chi connectivity index (χ0v) is 18.6. The topological polar surface area (TPSA) is 115 Å². The predicted molar refractivity (Wildman–Crippen MR) is 120 cm³/mol. The van der Waals surface area contributed by atoms with Crippen LogP contribution in [0, 0.1) is 11.3 Å². The van der Waals surface area contributed by atoms with Gasteiger partial charge in [-0.25, -0.2) is 19.9 Å². The quantitative estimate of drug-likeness (QED) is 0.536. The number of pyridine rings is 1. The Kier molecular flexibility index (Phi) is 6.24. The number of H-pyrrole nitrogens is 1. The number of ether oxygens (including phenoxy) is 1. The van der Waals surface area contributed by atoms with E-state index in [1.807, 2.05) is 12.1 Å². The molecule has 30 heavy (non-hydrogen) atoms. The molecule has 3 heterocycles.